The Kier molecular flexibility index (Phi) is 7.15. The van der Waals surface area contributed by atoms with Crippen molar-refractivity contribution in [2.45, 2.75) is 35.0 Å². The Morgan fingerprint density at radius 3 is 1.70 bits per heavy atom. The molecule has 7 aromatic carbocycles. The molecule has 3 heteroatoms. The van der Waals surface area contributed by atoms with Crippen LogP contribution in [0, 0.1) is 5.92 Å². The number of hydrogen-bond acceptors (Lipinski definition) is 3. The molecule has 1 spiro atoms. The molecule has 0 fully saturated rings. The van der Waals surface area contributed by atoms with Crippen LogP contribution < -0.4 is 0 Å². The van der Waals surface area contributed by atoms with Crippen molar-refractivity contribution in [3.63, 3.8) is 0 Å². The highest BCUT2D eigenvalue weighted by Gasteiger charge is 2.52. The van der Waals surface area contributed by atoms with E-state index in [-0.39, 0.29) is 0 Å². The Bertz CT molecular complexity index is 2730. The molecule has 54 heavy (non-hydrogen) atoms. The van der Waals surface area contributed by atoms with Crippen LogP contribution in [0.2, 0.25) is 0 Å². The molecule has 0 saturated heterocycles. The molecule has 0 radical (unpaired) electrons. The van der Waals surface area contributed by atoms with Crippen LogP contribution in [0.15, 0.2) is 185 Å². The Morgan fingerprint density at radius 1 is 0.537 bits per heavy atom. The second-order valence-corrected chi connectivity index (χ2v) is 15.9. The Morgan fingerprint density at radius 2 is 1.09 bits per heavy atom. The molecule has 256 valence electrons. The number of benzene rings is 7. The summed E-state index contributed by atoms with van der Waals surface area (Å²) in [4.78, 5) is 13.3. The standard InChI is InChI=1S/C51H36N2S/c1-32-14-8-13-23-42-47(32)40-30-37(50-52-45(35-17-4-2-5-18-35)31-46(53-50)36-19-6-3-7-20-36)26-27-41(40)51(42)43-28-24-33-15-9-11-21-38(33)48(43)54-49-39-22-12-10-16-34(39)25-29-44(49)51/h2-13,15-22,24-32H,14,23H2,1H3. The maximum Gasteiger partial charge on any atom is 0.160 e. The van der Waals surface area contributed by atoms with Crippen LogP contribution in [-0.4, -0.2) is 9.97 Å². The van der Waals surface area contributed by atoms with Crippen LogP contribution in [-0.2, 0) is 5.41 Å². The van der Waals surface area contributed by atoms with Crippen molar-refractivity contribution in [1.29, 1.82) is 0 Å². The smallest absolute Gasteiger partial charge is 0.160 e. The van der Waals surface area contributed by atoms with E-state index in [0.29, 0.717) is 5.92 Å². The zero-order chi connectivity index (χ0) is 35.8. The fourth-order valence-corrected chi connectivity index (χ4v) is 10.9. The highest BCUT2D eigenvalue weighted by Crippen LogP contribution is 2.65. The lowest BCUT2D eigenvalue weighted by atomic mass is 9.65. The number of aromatic nitrogens is 2. The molecule has 0 bridgehead atoms. The van der Waals surface area contributed by atoms with Crippen molar-refractivity contribution in [3.8, 4) is 33.9 Å². The molecule has 1 aromatic heterocycles. The quantitative estimate of drug-likeness (QED) is 0.171. The minimum atomic E-state index is -0.432. The summed E-state index contributed by atoms with van der Waals surface area (Å²) in [5.74, 6) is 1.10. The first-order chi connectivity index (χ1) is 26.7. The van der Waals surface area contributed by atoms with E-state index in [4.69, 9.17) is 9.97 Å². The molecule has 2 nitrogen and oxygen atoms in total. The molecule has 1 unspecified atom stereocenters. The second-order valence-electron chi connectivity index (χ2n) is 14.8. The van der Waals surface area contributed by atoms with Gasteiger partial charge in [0.15, 0.2) is 5.82 Å². The summed E-state index contributed by atoms with van der Waals surface area (Å²) in [5, 5.41) is 5.21. The lowest BCUT2D eigenvalue weighted by Crippen LogP contribution is -2.33. The molecule has 0 amide bonds. The van der Waals surface area contributed by atoms with Gasteiger partial charge in [-0.3, -0.25) is 0 Å². The third-order valence-corrected chi connectivity index (χ3v) is 13.1. The fourth-order valence-electron chi connectivity index (χ4n) is 9.45. The van der Waals surface area contributed by atoms with Gasteiger partial charge < -0.3 is 0 Å². The van der Waals surface area contributed by atoms with Crippen LogP contribution in [0.1, 0.15) is 42.0 Å². The highest BCUT2D eigenvalue weighted by atomic mass is 32.2. The van der Waals surface area contributed by atoms with Crippen molar-refractivity contribution in [2.24, 2.45) is 5.92 Å². The number of rotatable bonds is 3. The van der Waals surface area contributed by atoms with Gasteiger partial charge in [0.05, 0.1) is 16.8 Å². The molecule has 0 saturated carbocycles. The Hall–Kier alpha value is -6.03. The lowest BCUT2D eigenvalue weighted by Gasteiger charge is -2.42. The maximum atomic E-state index is 5.27. The molecule has 3 aliphatic rings. The summed E-state index contributed by atoms with van der Waals surface area (Å²) in [6, 6.07) is 57.6. The molecular formula is C51H36N2S. The van der Waals surface area contributed by atoms with Gasteiger partial charge >= 0.3 is 0 Å². The predicted molar refractivity (Wildman–Crippen MR) is 225 cm³/mol. The summed E-state index contributed by atoms with van der Waals surface area (Å²) >= 11 is 1.96. The molecule has 2 aliphatic carbocycles. The molecule has 8 aromatic rings. The van der Waals surface area contributed by atoms with Crippen LogP contribution in [0.25, 0.3) is 61.0 Å². The first-order valence-electron chi connectivity index (χ1n) is 18.9. The number of nitrogens with zero attached hydrogens (tertiary/aromatic N) is 2. The van der Waals surface area contributed by atoms with E-state index < -0.39 is 5.41 Å². The normalized spacial score (nSPS) is 16.6. The fraction of sp³-hybridized carbons (Fsp3) is 0.0980. The van der Waals surface area contributed by atoms with Crippen molar-refractivity contribution in [1.82, 2.24) is 9.97 Å². The van der Waals surface area contributed by atoms with Crippen LogP contribution in [0.3, 0.4) is 0 Å². The zero-order valence-corrected chi connectivity index (χ0v) is 30.8. The second kappa shape index (κ2) is 12.3. The number of allylic oxidation sites excluding steroid dienone is 4. The molecule has 1 atom stereocenters. The van der Waals surface area contributed by atoms with E-state index >= 15 is 0 Å². The number of fused-ring (bicyclic) bond motifs is 12. The van der Waals surface area contributed by atoms with Gasteiger partial charge in [0.1, 0.15) is 0 Å². The Labute approximate surface area is 320 Å². The van der Waals surface area contributed by atoms with E-state index in [0.717, 1.165) is 46.7 Å². The third kappa shape index (κ3) is 4.61. The summed E-state index contributed by atoms with van der Waals surface area (Å²) in [5.41, 5.74) is 13.1. The minimum Gasteiger partial charge on any atom is -0.228 e. The van der Waals surface area contributed by atoms with E-state index in [2.05, 4.69) is 177 Å². The summed E-state index contributed by atoms with van der Waals surface area (Å²) in [7, 11) is 0. The molecule has 1 aliphatic heterocycles. The van der Waals surface area contributed by atoms with Gasteiger partial charge in [0.2, 0.25) is 0 Å². The third-order valence-electron chi connectivity index (χ3n) is 11.9. The van der Waals surface area contributed by atoms with Crippen LogP contribution >= 0.6 is 11.8 Å². The monoisotopic (exact) mass is 708 g/mol. The Balaban J connectivity index is 1.21. The van der Waals surface area contributed by atoms with E-state index in [1.165, 1.54) is 64.7 Å². The molecular weight excluding hydrogens is 673 g/mol. The average molecular weight is 709 g/mol. The number of hydrogen-bond donors (Lipinski definition) is 0. The molecule has 11 rings (SSSR count). The molecule has 0 N–H and O–H groups in total. The van der Waals surface area contributed by atoms with E-state index in [1.807, 2.05) is 11.8 Å². The maximum absolute atomic E-state index is 5.27. The van der Waals surface area contributed by atoms with Gasteiger partial charge in [0.25, 0.3) is 0 Å². The topological polar surface area (TPSA) is 25.8 Å². The van der Waals surface area contributed by atoms with Gasteiger partial charge in [-0.2, -0.15) is 0 Å². The van der Waals surface area contributed by atoms with Gasteiger partial charge in [-0.1, -0.05) is 176 Å². The van der Waals surface area contributed by atoms with Gasteiger partial charge in [-0.25, -0.2) is 9.97 Å². The minimum absolute atomic E-state index is 0.353. The average Bonchev–Trinajstić information content (AvgIpc) is 3.36. The SMILES string of the molecule is CC1CC=CCC2=C1c1cc(-c3nc(-c4ccccc4)cc(-c4ccccc4)n3)ccc1C21c2ccc3ccccc3c2Sc2c1ccc1ccccc21. The summed E-state index contributed by atoms with van der Waals surface area (Å²) in [6.07, 6.45) is 6.75. The van der Waals surface area contributed by atoms with Crippen molar-refractivity contribution < 1.29 is 0 Å². The lowest BCUT2D eigenvalue weighted by molar-refractivity contribution is 0.688. The first kappa shape index (κ1) is 31.5. The molecule has 2 heterocycles. The van der Waals surface area contributed by atoms with Crippen molar-refractivity contribution in [2.75, 3.05) is 0 Å². The highest BCUT2D eigenvalue weighted by molar-refractivity contribution is 8.00. The van der Waals surface area contributed by atoms with Gasteiger partial charge in [-0.15, -0.1) is 0 Å². The summed E-state index contributed by atoms with van der Waals surface area (Å²) in [6.45, 7) is 2.42. The first-order valence-corrected chi connectivity index (χ1v) is 19.8. The van der Waals surface area contributed by atoms with Crippen LogP contribution in [0.5, 0.6) is 0 Å². The van der Waals surface area contributed by atoms with Gasteiger partial charge in [-0.05, 0) is 85.8 Å². The van der Waals surface area contributed by atoms with Crippen molar-refractivity contribution in [3.05, 3.63) is 198 Å². The van der Waals surface area contributed by atoms with Gasteiger partial charge in [0, 0.05) is 26.5 Å². The largest absolute Gasteiger partial charge is 0.228 e. The van der Waals surface area contributed by atoms with E-state index in [1.54, 1.807) is 0 Å². The van der Waals surface area contributed by atoms with E-state index in [9.17, 15) is 0 Å². The van der Waals surface area contributed by atoms with Crippen LogP contribution in [0.4, 0.5) is 0 Å². The zero-order valence-electron chi connectivity index (χ0n) is 30.0. The summed E-state index contributed by atoms with van der Waals surface area (Å²) < 4.78 is 0. The van der Waals surface area contributed by atoms with Crippen molar-refractivity contribution >= 4 is 38.9 Å². The predicted octanol–water partition coefficient (Wildman–Crippen LogP) is 13.3.